The number of aromatic nitrogens is 1. The summed E-state index contributed by atoms with van der Waals surface area (Å²) in [6.07, 6.45) is 0. The number of carbonyl (C=O) groups excluding carboxylic acids is 2. The number of thiazole rings is 1. The average molecular weight is 416 g/mol. The molecule has 0 radical (unpaired) electrons. The first-order valence-corrected chi connectivity index (χ1v) is 9.45. The van der Waals surface area contributed by atoms with Gasteiger partial charge in [-0.1, -0.05) is 11.6 Å². The largest absolute Gasteiger partial charge is 0.456 e. The number of hydrogen-bond donors (Lipinski definition) is 2. The molecular formula is C19H14ClN3O4S. The van der Waals surface area contributed by atoms with Crippen LogP contribution in [0.4, 0.5) is 5.13 Å². The fourth-order valence-electron chi connectivity index (χ4n) is 2.88. The van der Waals surface area contributed by atoms with Crippen LogP contribution < -0.4 is 11.1 Å². The van der Waals surface area contributed by atoms with E-state index in [1.807, 2.05) is 0 Å². The first-order chi connectivity index (χ1) is 13.3. The number of anilines is 1. The van der Waals surface area contributed by atoms with E-state index in [0.29, 0.717) is 38.3 Å². The van der Waals surface area contributed by atoms with Gasteiger partial charge in [0.25, 0.3) is 11.8 Å². The Kier molecular flexibility index (Phi) is 4.44. The monoisotopic (exact) mass is 415 g/mol. The summed E-state index contributed by atoms with van der Waals surface area (Å²) in [5.74, 6) is -0.291. The zero-order valence-corrected chi connectivity index (χ0v) is 16.4. The van der Waals surface area contributed by atoms with E-state index in [2.05, 4.69) is 10.3 Å². The van der Waals surface area contributed by atoms with Crippen molar-refractivity contribution in [1.82, 2.24) is 4.98 Å². The number of carbonyl (C=O) groups is 2. The average Bonchev–Trinajstić information content (AvgIpc) is 3.33. The van der Waals surface area contributed by atoms with Crippen molar-refractivity contribution in [3.05, 3.63) is 57.5 Å². The van der Waals surface area contributed by atoms with Gasteiger partial charge in [-0.15, -0.1) is 11.3 Å². The number of nitrogens with zero attached hydrogens (tertiary/aromatic N) is 1. The van der Waals surface area contributed by atoms with Crippen LogP contribution in [0.5, 0.6) is 0 Å². The number of halogens is 1. The van der Waals surface area contributed by atoms with Gasteiger partial charge in [-0.2, -0.15) is 0 Å². The number of rotatable bonds is 4. The van der Waals surface area contributed by atoms with Gasteiger partial charge < -0.3 is 14.6 Å². The standard InChI is InChI=1S/C19H14ClN3O4S/c1-8-11-5-10(20)3-4-14(11)27-16(8)18(25)23-19-22-13(7-28-19)12-6-15(17(21)24)26-9(12)2/h3-7H,1-2H3,(H2,21,24)(H,22,23,25). The van der Waals surface area contributed by atoms with Crippen molar-refractivity contribution >= 4 is 50.9 Å². The van der Waals surface area contributed by atoms with Gasteiger partial charge in [0.1, 0.15) is 11.3 Å². The molecule has 2 amide bonds. The Hall–Kier alpha value is -3.10. The van der Waals surface area contributed by atoms with Crippen molar-refractivity contribution in [2.45, 2.75) is 13.8 Å². The number of primary amides is 1. The molecule has 0 aliphatic carbocycles. The second-order valence-electron chi connectivity index (χ2n) is 6.13. The van der Waals surface area contributed by atoms with E-state index in [-0.39, 0.29) is 11.5 Å². The van der Waals surface area contributed by atoms with Crippen LogP contribution in [-0.2, 0) is 0 Å². The molecule has 9 heteroatoms. The molecule has 4 aromatic rings. The third-order valence-corrected chi connectivity index (χ3v) is 5.26. The Balaban J connectivity index is 1.60. The number of benzene rings is 1. The molecule has 0 saturated heterocycles. The molecule has 0 saturated carbocycles. The molecule has 4 rings (SSSR count). The molecule has 28 heavy (non-hydrogen) atoms. The van der Waals surface area contributed by atoms with Gasteiger partial charge >= 0.3 is 0 Å². The highest BCUT2D eigenvalue weighted by Gasteiger charge is 2.20. The molecule has 3 heterocycles. The van der Waals surface area contributed by atoms with Gasteiger partial charge in [0.15, 0.2) is 16.7 Å². The molecule has 3 aromatic heterocycles. The van der Waals surface area contributed by atoms with Crippen LogP contribution in [-0.4, -0.2) is 16.8 Å². The van der Waals surface area contributed by atoms with E-state index in [1.165, 1.54) is 17.4 Å². The van der Waals surface area contributed by atoms with Crippen molar-refractivity contribution in [2.75, 3.05) is 5.32 Å². The first-order valence-electron chi connectivity index (χ1n) is 8.19. The van der Waals surface area contributed by atoms with Crippen LogP contribution in [0.25, 0.3) is 22.2 Å². The lowest BCUT2D eigenvalue weighted by Crippen LogP contribution is -2.11. The maximum atomic E-state index is 12.6. The maximum absolute atomic E-state index is 12.6. The summed E-state index contributed by atoms with van der Waals surface area (Å²) in [5, 5.41) is 6.23. The topological polar surface area (TPSA) is 111 Å². The highest BCUT2D eigenvalue weighted by Crippen LogP contribution is 2.31. The Labute approximate surface area is 168 Å². The van der Waals surface area contributed by atoms with Gasteiger partial charge in [0.2, 0.25) is 0 Å². The van der Waals surface area contributed by atoms with E-state index in [9.17, 15) is 9.59 Å². The Morgan fingerprint density at radius 2 is 2.00 bits per heavy atom. The van der Waals surface area contributed by atoms with E-state index < -0.39 is 11.8 Å². The Morgan fingerprint density at radius 3 is 2.71 bits per heavy atom. The first kappa shape index (κ1) is 18.3. The van der Waals surface area contributed by atoms with E-state index in [4.69, 9.17) is 26.2 Å². The maximum Gasteiger partial charge on any atom is 0.293 e. The SMILES string of the molecule is Cc1oc(C(N)=O)cc1-c1csc(NC(=O)c2oc3ccc(Cl)cc3c2C)n1. The van der Waals surface area contributed by atoms with Gasteiger partial charge in [-0.3, -0.25) is 14.9 Å². The van der Waals surface area contributed by atoms with Gasteiger partial charge in [-0.25, -0.2) is 4.98 Å². The molecule has 3 N–H and O–H groups in total. The highest BCUT2D eigenvalue weighted by atomic mass is 35.5. The molecule has 0 atom stereocenters. The number of fused-ring (bicyclic) bond motifs is 1. The number of nitrogens with one attached hydrogen (secondary N) is 1. The summed E-state index contributed by atoms with van der Waals surface area (Å²) in [6.45, 7) is 3.51. The zero-order valence-electron chi connectivity index (χ0n) is 14.8. The summed E-state index contributed by atoms with van der Waals surface area (Å²) < 4.78 is 11.0. The third-order valence-electron chi connectivity index (χ3n) is 4.27. The third kappa shape index (κ3) is 3.17. The van der Waals surface area contributed by atoms with Crippen LogP contribution >= 0.6 is 22.9 Å². The Bertz CT molecular complexity index is 1240. The second kappa shape index (κ2) is 6.81. The van der Waals surface area contributed by atoms with Crippen LogP contribution in [0, 0.1) is 13.8 Å². The number of nitrogens with two attached hydrogens (primary N) is 1. The van der Waals surface area contributed by atoms with Crippen LogP contribution in [0.1, 0.15) is 32.4 Å². The number of amides is 2. The summed E-state index contributed by atoms with van der Waals surface area (Å²) >= 11 is 7.26. The predicted molar refractivity (Wildman–Crippen MR) is 107 cm³/mol. The van der Waals surface area contributed by atoms with Crippen LogP contribution in [0.15, 0.2) is 38.5 Å². The summed E-state index contributed by atoms with van der Waals surface area (Å²) in [4.78, 5) is 28.3. The molecule has 0 aliphatic rings. The van der Waals surface area contributed by atoms with Crippen molar-refractivity contribution in [3.63, 3.8) is 0 Å². The molecule has 0 fully saturated rings. The smallest absolute Gasteiger partial charge is 0.293 e. The minimum absolute atomic E-state index is 0.0580. The molecule has 7 nitrogen and oxygen atoms in total. The summed E-state index contributed by atoms with van der Waals surface area (Å²) in [7, 11) is 0. The van der Waals surface area contributed by atoms with Gasteiger partial charge in [0.05, 0.1) is 5.69 Å². The summed E-state index contributed by atoms with van der Waals surface area (Å²) in [5.41, 5.74) is 7.73. The highest BCUT2D eigenvalue weighted by molar-refractivity contribution is 7.14. The molecule has 0 spiro atoms. The number of hydrogen-bond acceptors (Lipinski definition) is 6. The fraction of sp³-hybridized carbons (Fsp3) is 0.105. The molecule has 0 aliphatic heterocycles. The van der Waals surface area contributed by atoms with E-state index in [0.717, 1.165) is 5.39 Å². The molecule has 0 unspecified atom stereocenters. The van der Waals surface area contributed by atoms with Crippen molar-refractivity contribution in [2.24, 2.45) is 5.73 Å². The lowest BCUT2D eigenvalue weighted by molar-refractivity contribution is 0.0970. The Morgan fingerprint density at radius 1 is 1.21 bits per heavy atom. The molecule has 1 aromatic carbocycles. The molecule has 0 bridgehead atoms. The van der Waals surface area contributed by atoms with Crippen LogP contribution in [0.2, 0.25) is 5.02 Å². The zero-order chi connectivity index (χ0) is 20.0. The second-order valence-corrected chi connectivity index (χ2v) is 7.43. The molecular weight excluding hydrogens is 402 g/mol. The fourth-order valence-corrected chi connectivity index (χ4v) is 3.75. The number of aryl methyl sites for hydroxylation is 2. The van der Waals surface area contributed by atoms with Gasteiger partial charge in [-0.05, 0) is 38.1 Å². The van der Waals surface area contributed by atoms with Crippen molar-refractivity contribution < 1.29 is 18.4 Å². The number of furan rings is 2. The lowest BCUT2D eigenvalue weighted by Gasteiger charge is -1.99. The van der Waals surface area contributed by atoms with Crippen molar-refractivity contribution in [1.29, 1.82) is 0 Å². The molecule has 142 valence electrons. The van der Waals surface area contributed by atoms with Crippen LogP contribution in [0.3, 0.4) is 0 Å². The minimum atomic E-state index is -0.654. The minimum Gasteiger partial charge on any atom is -0.456 e. The van der Waals surface area contributed by atoms with E-state index in [1.54, 1.807) is 37.4 Å². The summed E-state index contributed by atoms with van der Waals surface area (Å²) in [6, 6.07) is 6.72. The normalized spacial score (nSPS) is 11.1. The predicted octanol–water partition coefficient (Wildman–Crippen LogP) is 4.77. The van der Waals surface area contributed by atoms with E-state index >= 15 is 0 Å². The van der Waals surface area contributed by atoms with Gasteiger partial charge in [0, 0.05) is 26.9 Å². The lowest BCUT2D eigenvalue weighted by atomic mass is 10.1. The van der Waals surface area contributed by atoms with Crippen molar-refractivity contribution in [3.8, 4) is 11.3 Å². The quantitative estimate of drug-likeness (QED) is 0.498.